The lowest BCUT2D eigenvalue weighted by Crippen LogP contribution is -2.32. The second-order valence-corrected chi connectivity index (χ2v) is 5.72. The van der Waals surface area contributed by atoms with Crippen LogP contribution in [0.25, 0.3) is 0 Å². The molecule has 0 aliphatic heterocycles. The van der Waals surface area contributed by atoms with Crippen molar-refractivity contribution in [2.75, 3.05) is 6.54 Å². The van der Waals surface area contributed by atoms with E-state index in [0.717, 1.165) is 5.56 Å². The van der Waals surface area contributed by atoms with E-state index < -0.39 is 11.7 Å². The first-order valence-corrected chi connectivity index (χ1v) is 6.25. The number of aryl methyl sites for hydroxylation is 1. The summed E-state index contributed by atoms with van der Waals surface area (Å²) >= 11 is 1.66. The average Bonchev–Trinajstić information content (AvgIpc) is 2.56. The van der Waals surface area contributed by atoms with Gasteiger partial charge in [-0.25, -0.2) is 4.79 Å². The largest absolute Gasteiger partial charge is 0.444 e. The molecule has 0 fully saturated rings. The number of hydrogen-bond donors (Lipinski definition) is 1. The number of nitrogens with one attached hydrogen (secondary N) is 1. The van der Waals surface area contributed by atoms with Gasteiger partial charge in [0.15, 0.2) is 0 Å². The fourth-order valence-corrected chi connectivity index (χ4v) is 1.72. The van der Waals surface area contributed by atoms with E-state index in [0.29, 0.717) is 6.54 Å². The molecule has 1 aromatic heterocycles. The molecule has 0 aliphatic rings. The Labute approximate surface area is 106 Å². The van der Waals surface area contributed by atoms with Gasteiger partial charge in [-0.05, 0) is 33.8 Å². The van der Waals surface area contributed by atoms with Crippen LogP contribution in [-0.4, -0.2) is 18.2 Å². The molecule has 92 valence electrons. The van der Waals surface area contributed by atoms with Gasteiger partial charge in [-0.1, -0.05) is 11.8 Å². The van der Waals surface area contributed by atoms with E-state index in [9.17, 15) is 4.79 Å². The molecule has 1 amide bonds. The first-order valence-electron chi connectivity index (χ1n) is 5.38. The second-order valence-electron chi connectivity index (χ2n) is 4.60. The maximum atomic E-state index is 11.3. The Hall–Kier alpha value is -1.47. The summed E-state index contributed by atoms with van der Waals surface area (Å²) in [6.07, 6.45) is -0.437. The van der Waals surface area contributed by atoms with E-state index in [2.05, 4.69) is 17.2 Å². The van der Waals surface area contributed by atoms with Crippen molar-refractivity contribution in [3.8, 4) is 11.8 Å². The normalized spacial score (nSPS) is 10.4. The van der Waals surface area contributed by atoms with Gasteiger partial charge in [0.05, 0.1) is 6.54 Å². The van der Waals surface area contributed by atoms with Crippen LogP contribution in [0.3, 0.4) is 0 Å². The lowest BCUT2D eigenvalue weighted by atomic mass is 10.2. The SMILES string of the molecule is Cc1cc(C#CCNC(=O)OC(C)(C)C)cs1. The number of carbonyl (C=O) groups is 1. The number of amides is 1. The van der Waals surface area contributed by atoms with Gasteiger partial charge in [0.1, 0.15) is 5.60 Å². The van der Waals surface area contributed by atoms with Crippen molar-refractivity contribution < 1.29 is 9.53 Å². The zero-order chi connectivity index (χ0) is 12.9. The van der Waals surface area contributed by atoms with Crippen molar-refractivity contribution in [3.63, 3.8) is 0 Å². The van der Waals surface area contributed by atoms with Crippen LogP contribution in [0.15, 0.2) is 11.4 Å². The van der Waals surface area contributed by atoms with Crippen molar-refractivity contribution in [1.82, 2.24) is 5.32 Å². The number of hydrogen-bond acceptors (Lipinski definition) is 3. The zero-order valence-electron chi connectivity index (χ0n) is 10.6. The Balaban J connectivity index is 2.33. The molecule has 17 heavy (non-hydrogen) atoms. The third-order valence-electron chi connectivity index (χ3n) is 1.68. The number of thiophene rings is 1. The highest BCUT2D eigenvalue weighted by molar-refractivity contribution is 7.10. The molecule has 0 spiro atoms. The summed E-state index contributed by atoms with van der Waals surface area (Å²) in [6, 6.07) is 2.02. The predicted octanol–water partition coefficient (Wildman–Crippen LogP) is 2.93. The quantitative estimate of drug-likeness (QED) is 0.779. The molecule has 1 rings (SSSR count). The molecule has 4 heteroatoms. The Morgan fingerprint density at radius 2 is 2.24 bits per heavy atom. The van der Waals surface area contributed by atoms with E-state index in [1.54, 1.807) is 11.3 Å². The number of ether oxygens (including phenoxy) is 1. The highest BCUT2D eigenvalue weighted by Crippen LogP contribution is 2.11. The van der Waals surface area contributed by atoms with Crippen molar-refractivity contribution in [3.05, 3.63) is 21.9 Å². The molecule has 0 saturated carbocycles. The maximum Gasteiger partial charge on any atom is 0.408 e. The van der Waals surface area contributed by atoms with Gasteiger partial charge in [-0.3, -0.25) is 0 Å². The summed E-state index contributed by atoms with van der Waals surface area (Å²) in [5, 5.41) is 4.58. The van der Waals surface area contributed by atoms with Crippen LogP contribution < -0.4 is 5.32 Å². The summed E-state index contributed by atoms with van der Waals surface area (Å²) < 4.78 is 5.08. The minimum atomic E-state index is -0.470. The molecular formula is C13H17NO2S. The van der Waals surface area contributed by atoms with Gasteiger partial charge in [0.25, 0.3) is 0 Å². The Bertz CT molecular complexity index is 446. The molecule has 0 saturated heterocycles. The minimum absolute atomic E-state index is 0.295. The van der Waals surface area contributed by atoms with Crippen molar-refractivity contribution in [2.24, 2.45) is 0 Å². The molecule has 1 heterocycles. The Morgan fingerprint density at radius 1 is 1.53 bits per heavy atom. The van der Waals surface area contributed by atoms with Crippen LogP contribution in [0.5, 0.6) is 0 Å². The number of carbonyl (C=O) groups excluding carboxylic acids is 1. The third-order valence-corrected chi connectivity index (χ3v) is 2.54. The van der Waals surface area contributed by atoms with Crippen molar-refractivity contribution in [2.45, 2.75) is 33.3 Å². The van der Waals surface area contributed by atoms with Crippen molar-refractivity contribution >= 4 is 17.4 Å². The molecule has 0 radical (unpaired) electrons. The predicted molar refractivity (Wildman–Crippen MR) is 70.2 cm³/mol. The van der Waals surface area contributed by atoms with Gasteiger partial charge in [-0.15, -0.1) is 11.3 Å². The lowest BCUT2D eigenvalue weighted by molar-refractivity contribution is 0.0535. The highest BCUT2D eigenvalue weighted by atomic mass is 32.1. The van der Waals surface area contributed by atoms with E-state index >= 15 is 0 Å². The third kappa shape index (κ3) is 5.98. The van der Waals surface area contributed by atoms with Gasteiger partial charge in [0, 0.05) is 15.8 Å². The average molecular weight is 251 g/mol. The van der Waals surface area contributed by atoms with Crippen LogP contribution in [0.4, 0.5) is 4.79 Å². The first kappa shape index (κ1) is 13.6. The van der Waals surface area contributed by atoms with Crippen LogP contribution in [0.1, 0.15) is 31.2 Å². The minimum Gasteiger partial charge on any atom is -0.444 e. The molecule has 0 aliphatic carbocycles. The van der Waals surface area contributed by atoms with E-state index in [4.69, 9.17) is 4.74 Å². The van der Waals surface area contributed by atoms with Crippen molar-refractivity contribution in [1.29, 1.82) is 0 Å². The standard InChI is InChI=1S/C13H17NO2S/c1-10-8-11(9-17-10)6-5-7-14-12(15)16-13(2,3)4/h8-9H,7H2,1-4H3,(H,14,15). The summed E-state index contributed by atoms with van der Waals surface area (Å²) in [5.74, 6) is 5.85. The first-order chi connectivity index (χ1) is 7.87. The van der Waals surface area contributed by atoms with Gasteiger partial charge in [0.2, 0.25) is 0 Å². The number of rotatable bonds is 1. The second kappa shape index (κ2) is 5.74. The number of alkyl carbamates (subject to hydrolysis) is 1. The van der Waals surface area contributed by atoms with Crippen LogP contribution in [-0.2, 0) is 4.74 Å². The van der Waals surface area contributed by atoms with Gasteiger partial charge < -0.3 is 10.1 Å². The maximum absolute atomic E-state index is 11.3. The van der Waals surface area contributed by atoms with Crippen LogP contribution >= 0.6 is 11.3 Å². The smallest absolute Gasteiger partial charge is 0.408 e. The Morgan fingerprint density at radius 3 is 2.76 bits per heavy atom. The summed E-state index contributed by atoms with van der Waals surface area (Å²) in [7, 11) is 0. The topological polar surface area (TPSA) is 38.3 Å². The molecule has 0 atom stereocenters. The molecule has 0 bridgehead atoms. The molecular weight excluding hydrogens is 234 g/mol. The highest BCUT2D eigenvalue weighted by Gasteiger charge is 2.14. The molecule has 3 nitrogen and oxygen atoms in total. The van der Waals surface area contributed by atoms with E-state index in [1.807, 2.05) is 39.1 Å². The monoisotopic (exact) mass is 251 g/mol. The molecule has 0 aromatic carbocycles. The lowest BCUT2D eigenvalue weighted by Gasteiger charge is -2.18. The van der Waals surface area contributed by atoms with E-state index in [-0.39, 0.29) is 0 Å². The summed E-state index contributed by atoms with van der Waals surface area (Å²) in [5.41, 5.74) is 0.514. The van der Waals surface area contributed by atoms with Gasteiger partial charge >= 0.3 is 6.09 Å². The molecule has 0 unspecified atom stereocenters. The Kier molecular flexibility index (Phi) is 4.59. The van der Waals surface area contributed by atoms with Crippen LogP contribution in [0, 0.1) is 18.8 Å². The van der Waals surface area contributed by atoms with Gasteiger partial charge in [-0.2, -0.15) is 0 Å². The fourth-order valence-electron chi connectivity index (χ4n) is 1.09. The van der Waals surface area contributed by atoms with Crippen LogP contribution in [0.2, 0.25) is 0 Å². The molecule has 1 N–H and O–H groups in total. The molecule has 1 aromatic rings. The van der Waals surface area contributed by atoms with E-state index in [1.165, 1.54) is 4.88 Å². The zero-order valence-corrected chi connectivity index (χ0v) is 11.4. The summed E-state index contributed by atoms with van der Waals surface area (Å²) in [4.78, 5) is 12.5. The summed E-state index contributed by atoms with van der Waals surface area (Å²) in [6.45, 7) is 7.81. The fraction of sp³-hybridized carbons (Fsp3) is 0.462.